The van der Waals surface area contributed by atoms with Crippen LogP contribution in [-0.2, 0) is 33.2 Å². The van der Waals surface area contributed by atoms with Gasteiger partial charge in [0.1, 0.15) is 29.0 Å². The minimum Gasteiger partial charge on any atom is -0.459 e. The molecule has 3 aliphatic heterocycles. The predicted molar refractivity (Wildman–Crippen MR) is 208 cm³/mol. The molecule has 324 valence electrons. The molecule has 0 radical (unpaired) electrons. The standard InChI is InChI=1S/C41H78N2O12/c1-16-18-43-22-23(3)34(45)40(11,48)30(17-2)53-36(46)27(7)33(54-31-21-39(10,50-15)41(12,49)28(8)52-31)26(6)35(38(9,47)20-24(43)4)55-37-32(44)29(42(13)14)19-25(5)51-37/h23-35,37,44-45,47-49H,16-22H2,1-15H3/t23-,24-,25-,26-,27?,28+,29+,30-,31+,32-,33-,34-,35-,37+,38+,39-,40-,41+/m1/s1. The molecule has 0 bridgehead atoms. The number of methoxy groups -OCH3 is 1. The van der Waals surface area contributed by atoms with Crippen molar-refractivity contribution >= 4 is 5.97 Å². The minimum atomic E-state index is -1.79. The van der Waals surface area contributed by atoms with E-state index in [1.165, 1.54) is 14.0 Å². The Morgan fingerprint density at radius 1 is 0.927 bits per heavy atom. The molecular weight excluding hydrogens is 712 g/mol. The molecule has 3 saturated heterocycles. The van der Waals surface area contributed by atoms with Gasteiger partial charge in [0.05, 0.1) is 42.0 Å². The molecular formula is C41H78N2O12. The molecule has 14 nitrogen and oxygen atoms in total. The number of aliphatic hydroxyl groups excluding tert-OH is 2. The van der Waals surface area contributed by atoms with E-state index in [2.05, 4.69) is 11.8 Å². The van der Waals surface area contributed by atoms with E-state index in [4.69, 9.17) is 28.4 Å². The molecule has 0 spiro atoms. The third-order valence-corrected chi connectivity index (χ3v) is 13.3. The van der Waals surface area contributed by atoms with Gasteiger partial charge in [-0.1, -0.05) is 27.7 Å². The number of carbonyl (C=O) groups excluding carboxylic acids is 1. The molecule has 5 N–H and O–H groups in total. The molecule has 14 heteroatoms. The summed E-state index contributed by atoms with van der Waals surface area (Å²) in [5.74, 6) is -2.89. The lowest BCUT2D eigenvalue weighted by Crippen LogP contribution is -2.65. The van der Waals surface area contributed by atoms with Crippen LogP contribution in [-0.4, -0.2) is 165 Å². The summed E-state index contributed by atoms with van der Waals surface area (Å²) in [5.41, 5.74) is -5.83. The lowest BCUT2D eigenvalue weighted by molar-refractivity contribution is -0.334. The van der Waals surface area contributed by atoms with Gasteiger partial charge < -0.3 is 63.8 Å². The summed E-state index contributed by atoms with van der Waals surface area (Å²) in [5, 5.41) is 59.3. The number of carbonyl (C=O) groups is 1. The zero-order valence-corrected chi connectivity index (χ0v) is 36.5. The Morgan fingerprint density at radius 2 is 1.55 bits per heavy atom. The van der Waals surface area contributed by atoms with Crippen LogP contribution in [0, 0.1) is 17.8 Å². The van der Waals surface area contributed by atoms with Crippen LogP contribution in [0.4, 0.5) is 0 Å². The fourth-order valence-electron chi connectivity index (χ4n) is 9.27. The summed E-state index contributed by atoms with van der Waals surface area (Å²) in [4.78, 5) is 18.4. The van der Waals surface area contributed by atoms with Gasteiger partial charge in [-0.2, -0.15) is 0 Å². The van der Waals surface area contributed by atoms with Crippen LogP contribution in [0.1, 0.15) is 115 Å². The molecule has 0 aromatic rings. The highest BCUT2D eigenvalue weighted by Gasteiger charge is 2.56. The molecule has 3 fully saturated rings. The summed E-state index contributed by atoms with van der Waals surface area (Å²) in [6.45, 7) is 22.6. The van der Waals surface area contributed by atoms with E-state index in [0.717, 1.165) is 6.42 Å². The summed E-state index contributed by atoms with van der Waals surface area (Å²) in [6, 6.07) is -0.507. The number of cyclic esters (lactones) is 1. The van der Waals surface area contributed by atoms with Crippen molar-refractivity contribution in [3.8, 4) is 0 Å². The van der Waals surface area contributed by atoms with E-state index in [0.29, 0.717) is 19.5 Å². The maximum Gasteiger partial charge on any atom is 0.311 e. The van der Waals surface area contributed by atoms with E-state index >= 15 is 0 Å². The van der Waals surface area contributed by atoms with Crippen molar-refractivity contribution in [1.29, 1.82) is 0 Å². The summed E-state index contributed by atoms with van der Waals surface area (Å²) in [7, 11) is 5.30. The summed E-state index contributed by atoms with van der Waals surface area (Å²) < 4.78 is 38.1. The van der Waals surface area contributed by atoms with Crippen molar-refractivity contribution < 1.29 is 58.7 Å². The van der Waals surface area contributed by atoms with E-state index in [-0.39, 0.29) is 37.5 Å². The first kappa shape index (κ1) is 48.4. The Labute approximate surface area is 331 Å². The number of esters is 1. The zero-order chi connectivity index (χ0) is 42.0. The second-order valence-electron chi connectivity index (χ2n) is 18.3. The first-order valence-corrected chi connectivity index (χ1v) is 20.6. The Kier molecular flexibility index (Phi) is 16.6. The minimum absolute atomic E-state index is 0.111. The highest BCUT2D eigenvalue weighted by atomic mass is 16.7. The first-order chi connectivity index (χ1) is 25.3. The maximum absolute atomic E-state index is 14.3. The monoisotopic (exact) mass is 791 g/mol. The van der Waals surface area contributed by atoms with Gasteiger partial charge >= 0.3 is 5.97 Å². The van der Waals surface area contributed by atoms with Gasteiger partial charge in [-0.15, -0.1) is 0 Å². The highest BCUT2D eigenvalue weighted by Crippen LogP contribution is 2.43. The third-order valence-electron chi connectivity index (χ3n) is 13.3. The number of hydrogen-bond donors (Lipinski definition) is 5. The SMILES string of the molecule is CCCN1C[C@@H](C)[C@@H](O)[C@](C)(O)[C@@H](CC)OC(=O)C(C)[C@H](O[C@H]2C[C@@](C)(OC)[C@@](C)(O)[C@H](C)O2)[C@@H](C)[C@@H](O[C@@H]2O[C@H](C)C[C@H](N(C)C)[C@H]2O)[C@@](C)(O)C[C@H]1C. The highest BCUT2D eigenvalue weighted by molar-refractivity contribution is 5.73. The van der Waals surface area contributed by atoms with Crippen LogP contribution in [0.15, 0.2) is 0 Å². The average molecular weight is 791 g/mol. The maximum atomic E-state index is 14.3. The first-order valence-electron chi connectivity index (χ1n) is 20.6. The van der Waals surface area contributed by atoms with Crippen LogP contribution in [0.2, 0.25) is 0 Å². The number of aliphatic hydroxyl groups is 5. The van der Waals surface area contributed by atoms with Gasteiger partial charge in [-0.05, 0) is 108 Å². The van der Waals surface area contributed by atoms with Gasteiger partial charge in [-0.25, -0.2) is 0 Å². The van der Waals surface area contributed by atoms with Crippen molar-refractivity contribution in [2.75, 3.05) is 34.3 Å². The van der Waals surface area contributed by atoms with E-state index in [1.54, 1.807) is 41.5 Å². The van der Waals surface area contributed by atoms with Crippen molar-refractivity contribution in [2.45, 2.75) is 205 Å². The summed E-state index contributed by atoms with van der Waals surface area (Å²) >= 11 is 0. The Balaban J connectivity index is 2.23. The molecule has 1 unspecified atom stereocenters. The van der Waals surface area contributed by atoms with Gasteiger partial charge in [0.2, 0.25) is 0 Å². The molecule has 18 atom stereocenters. The van der Waals surface area contributed by atoms with Gasteiger partial charge in [0.25, 0.3) is 0 Å². The van der Waals surface area contributed by atoms with Crippen molar-refractivity contribution in [3.05, 3.63) is 0 Å². The second kappa shape index (κ2) is 18.9. The molecule has 3 aliphatic rings. The zero-order valence-electron chi connectivity index (χ0n) is 36.5. The fourth-order valence-corrected chi connectivity index (χ4v) is 9.27. The number of likely N-dealkylation sites (N-methyl/N-ethyl adjacent to an activating group) is 1. The lowest BCUT2D eigenvalue weighted by Gasteiger charge is -2.52. The van der Waals surface area contributed by atoms with E-state index < -0.39 is 95.3 Å². The molecule has 55 heavy (non-hydrogen) atoms. The molecule has 0 saturated carbocycles. The predicted octanol–water partition coefficient (Wildman–Crippen LogP) is 3.07. The van der Waals surface area contributed by atoms with Gasteiger partial charge in [-0.3, -0.25) is 4.79 Å². The topological polar surface area (TPSA) is 180 Å². The van der Waals surface area contributed by atoms with Crippen LogP contribution in [0.25, 0.3) is 0 Å². The van der Waals surface area contributed by atoms with Gasteiger partial charge in [0, 0.05) is 38.1 Å². The van der Waals surface area contributed by atoms with Crippen molar-refractivity contribution in [2.24, 2.45) is 17.8 Å². The van der Waals surface area contributed by atoms with Crippen molar-refractivity contribution in [1.82, 2.24) is 9.80 Å². The smallest absolute Gasteiger partial charge is 0.311 e. The molecule has 0 amide bonds. The van der Waals surface area contributed by atoms with Crippen molar-refractivity contribution in [3.63, 3.8) is 0 Å². The van der Waals surface area contributed by atoms with Gasteiger partial charge in [0.15, 0.2) is 12.6 Å². The van der Waals surface area contributed by atoms with Crippen LogP contribution < -0.4 is 0 Å². The Bertz CT molecular complexity index is 1220. The molecule has 0 aromatic carbocycles. The number of hydrogen-bond acceptors (Lipinski definition) is 14. The largest absolute Gasteiger partial charge is 0.459 e. The number of nitrogens with zero attached hydrogens (tertiary/aromatic N) is 2. The third kappa shape index (κ3) is 10.6. The average Bonchev–Trinajstić information content (AvgIpc) is 3.09. The quantitative estimate of drug-likeness (QED) is 0.215. The fraction of sp³-hybridized carbons (Fsp3) is 0.976. The molecule has 3 heterocycles. The second-order valence-corrected chi connectivity index (χ2v) is 18.3. The summed E-state index contributed by atoms with van der Waals surface area (Å²) in [6.07, 6.45) is -6.57. The van der Waals surface area contributed by atoms with Crippen LogP contribution >= 0.6 is 0 Å². The molecule has 0 aliphatic carbocycles. The Hall–Kier alpha value is -1.01. The molecule has 3 rings (SSSR count). The molecule has 0 aromatic heterocycles. The lowest BCUT2D eigenvalue weighted by atomic mass is 9.76. The van der Waals surface area contributed by atoms with Crippen LogP contribution in [0.5, 0.6) is 0 Å². The van der Waals surface area contributed by atoms with E-state index in [9.17, 15) is 30.3 Å². The Morgan fingerprint density at radius 3 is 2.09 bits per heavy atom. The van der Waals surface area contributed by atoms with Crippen LogP contribution in [0.3, 0.4) is 0 Å². The number of ether oxygens (including phenoxy) is 6. The number of rotatable bonds is 9. The van der Waals surface area contributed by atoms with E-state index in [1.807, 2.05) is 46.7 Å². The normalized spacial score (nSPS) is 48.9.